The molecule has 0 aliphatic rings. The topological polar surface area (TPSA) is 55.4 Å². The highest BCUT2D eigenvalue weighted by Crippen LogP contribution is 2.18. The molecule has 0 heterocycles. The van der Waals surface area contributed by atoms with Crippen LogP contribution in [-0.2, 0) is 16.6 Å². The number of benzene rings is 2. The van der Waals surface area contributed by atoms with E-state index in [4.69, 9.17) is 4.74 Å². The summed E-state index contributed by atoms with van der Waals surface area (Å²) in [4.78, 5) is 12.2. The van der Waals surface area contributed by atoms with Gasteiger partial charge in [0, 0.05) is 40.1 Å². The van der Waals surface area contributed by atoms with Gasteiger partial charge in [-0.25, -0.2) is 0 Å². The van der Waals surface area contributed by atoms with E-state index in [2.05, 4.69) is 5.32 Å². The third-order valence-electron chi connectivity index (χ3n) is 2.89. The molecule has 2 aromatic rings. The van der Waals surface area contributed by atoms with Crippen molar-refractivity contribution in [3.8, 4) is 5.75 Å². The fourth-order valence-corrected chi connectivity index (χ4v) is 2.59. The van der Waals surface area contributed by atoms with Crippen molar-refractivity contribution in [1.82, 2.24) is 0 Å². The molecule has 21 heavy (non-hydrogen) atoms. The van der Waals surface area contributed by atoms with Crippen LogP contribution in [0.5, 0.6) is 5.75 Å². The standard InChI is InChI=1S/C16H17NO3S/c1-20-15-8-4-7-14(10-15)17-16(18)13-6-3-5-12(9-13)11-21(2)19/h3-10H,11H2,1-2H3,(H,17,18). The first-order valence-corrected chi connectivity index (χ1v) is 8.15. The number of methoxy groups -OCH3 is 1. The molecular formula is C16H17NO3S. The van der Waals surface area contributed by atoms with E-state index in [1.54, 1.807) is 43.7 Å². The van der Waals surface area contributed by atoms with Crippen LogP contribution >= 0.6 is 0 Å². The highest BCUT2D eigenvalue weighted by atomic mass is 32.2. The average Bonchev–Trinajstić information content (AvgIpc) is 2.47. The van der Waals surface area contributed by atoms with Crippen LogP contribution in [0.4, 0.5) is 5.69 Å². The van der Waals surface area contributed by atoms with Crippen molar-refractivity contribution in [2.45, 2.75) is 5.75 Å². The third-order valence-corrected chi connectivity index (χ3v) is 3.63. The van der Waals surface area contributed by atoms with E-state index < -0.39 is 10.8 Å². The van der Waals surface area contributed by atoms with Crippen molar-refractivity contribution in [1.29, 1.82) is 0 Å². The van der Waals surface area contributed by atoms with Crippen molar-refractivity contribution in [3.63, 3.8) is 0 Å². The third kappa shape index (κ3) is 4.43. The molecule has 0 aliphatic heterocycles. The number of carbonyl (C=O) groups is 1. The monoisotopic (exact) mass is 303 g/mol. The maximum absolute atomic E-state index is 12.2. The lowest BCUT2D eigenvalue weighted by Crippen LogP contribution is -2.12. The summed E-state index contributed by atoms with van der Waals surface area (Å²) in [6.07, 6.45) is 1.64. The number of hydrogen-bond donors (Lipinski definition) is 1. The molecule has 4 nitrogen and oxygen atoms in total. The van der Waals surface area contributed by atoms with Gasteiger partial charge < -0.3 is 10.1 Å². The zero-order valence-electron chi connectivity index (χ0n) is 12.0. The Morgan fingerprint density at radius 1 is 1.19 bits per heavy atom. The first-order chi connectivity index (χ1) is 10.1. The summed E-state index contributed by atoms with van der Waals surface area (Å²) in [5, 5.41) is 2.82. The summed E-state index contributed by atoms with van der Waals surface area (Å²) in [5.41, 5.74) is 2.10. The lowest BCUT2D eigenvalue weighted by Gasteiger charge is -2.08. The highest BCUT2D eigenvalue weighted by Gasteiger charge is 2.08. The Balaban J connectivity index is 2.14. The smallest absolute Gasteiger partial charge is 0.255 e. The van der Waals surface area contributed by atoms with Crippen molar-refractivity contribution >= 4 is 22.4 Å². The van der Waals surface area contributed by atoms with Crippen LogP contribution < -0.4 is 10.1 Å². The van der Waals surface area contributed by atoms with Crippen molar-refractivity contribution in [3.05, 3.63) is 59.7 Å². The second-order valence-corrected chi connectivity index (χ2v) is 6.04. The van der Waals surface area contributed by atoms with E-state index in [0.29, 0.717) is 22.8 Å². The fraction of sp³-hybridized carbons (Fsp3) is 0.188. The Morgan fingerprint density at radius 3 is 2.67 bits per heavy atom. The molecule has 0 radical (unpaired) electrons. The van der Waals surface area contributed by atoms with Crippen LogP contribution in [-0.4, -0.2) is 23.5 Å². The molecule has 110 valence electrons. The maximum atomic E-state index is 12.2. The zero-order valence-corrected chi connectivity index (χ0v) is 12.8. The van der Waals surface area contributed by atoms with Crippen LogP contribution in [0.3, 0.4) is 0 Å². The Bertz CT molecular complexity index is 670. The number of ether oxygens (including phenoxy) is 1. The van der Waals surface area contributed by atoms with Crippen LogP contribution in [0.1, 0.15) is 15.9 Å². The van der Waals surface area contributed by atoms with Gasteiger partial charge in [0.05, 0.1) is 7.11 Å². The minimum atomic E-state index is -0.929. The summed E-state index contributed by atoms with van der Waals surface area (Å²) in [6.45, 7) is 0. The van der Waals surface area contributed by atoms with E-state index >= 15 is 0 Å². The summed E-state index contributed by atoms with van der Waals surface area (Å²) in [6, 6.07) is 14.3. The second kappa shape index (κ2) is 7.04. The minimum absolute atomic E-state index is 0.202. The van der Waals surface area contributed by atoms with E-state index in [1.807, 2.05) is 18.2 Å². The number of amides is 1. The normalized spacial score (nSPS) is 11.7. The van der Waals surface area contributed by atoms with E-state index in [-0.39, 0.29) is 5.91 Å². The van der Waals surface area contributed by atoms with Crippen LogP contribution in [0.15, 0.2) is 48.5 Å². The quantitative estimate of drug-likeness (QED) is 0.924. The van der Waals surface area contributed by atoms with Gasteiger partial charge in [0.25, 0.3) is 5.91 Å². The molecule has 0 spiro atoms. The SMILES string of the molecule is COc1cccc(NC(=O)c2cccc(CS(C)=O)c2)c1. The second-order valence-electron chi connectivity index (χ2n) is 4.60. The number of hydrogen-bond acceptors (Lipinski definition) is 3. The Hall–Kier alpha value is -2.14. The largest absolute Gasteiger partial charge is 0.497 e. The first-order valence-electron chi connectivity index (χ1n) is 6.43. The van der Waals surface area contributed by atoms with Gasteiger partial charge in [-0.15, -0.1) is 0 Å². The van der Waals surface area contributed by atoms with Gasteiger partial charge in [-0.3, -0.25) is 9.00 Å². The summed E-state index contributed by atoms with van der Waals surface area (Å²) < 4.78 is 16.4. The van der Waals surface area contributed by atoms with Gasteiger partial charge in [-0.2, -0.15) is 0 Å². The van der Waals surface area contributed by atoms with Gasteiger partial charge >= 0.3 is 0 Å². The van der Waals surface area contributed by atoms with Crippen molar-refractivity contribution in [2.24, 2.45) is 0 Å². The first kappa shape index (κ1) is 15.3. The number of anilines is 1. The molecule has 1 amide bonds. The molecule has 0 bridgehead atoms. The lowest BCUT2D eigenvalue weighted by atomic mass is 10.1. The van der Waals surface area contributed by atoms with Crippen molar-refractivity contribution in [2.75, 3.05) is 18.7 Å². The van der Waals surface area contributed by atoms with Crippen molar-refractivity contribution < 1.29 is 13.7 Å². The van der Waals surface area contributed by atoms with Crippen LogP contribution in [0.2, 0.25) is 0 Å². The summed E-state index contributed by atoms with van der Waals surface area (Å²) in [7, 11) is 0.650. The molecular weight excluding hydrogens is 286 g/mol. The van der Waals surface area contributed by atoms with Gasteiger partial charge in [0.1, 0.15) is 5.75 Å². The molecule has 0 saturated carbocycles. The van der Waals surface area contributed by atoms with Gasteiger partial charge in [0.2, 0.25) is 0 Å². The van der Waals surface area contributed by atoms with E-state index in [9.17, 15) is 9.00 Å². The molecule has 1 atom stereocenters. The van der Waals surface area contributed by atoms with Gasteiger partial charge in [-0.05, 0) is 29.8 Å². The molecule has 0 aromatic heterocycles. The van der Waals surface area contributed by atoms with E-state index in [0.717, 1.165) is 5.56 Å². The molecule has 2 rings (SSSR count). The molecule has 0 saturated heterocycles. The molecule has 2 aromatic carbocycles. The predicted octanol–water partition coefficient (Wildman–Crippen LogP) is 2.83. The minimum Gasteiger partial charge on any atom is -0.497 e. The van der Waals surface area contributed by atoms with Gasteiger partial charge in [-0.1, -0.05) is 18.2 Å². The Labute approximate surface area is 126 Å². The van der Waals surface area contributed by atoms with E-state index in [1.165, 1.54) is 0 Å². The summed E-state index contributed by atoms with van der Waals surface area (Å²) in [5.74, 6) is 0.926. The Kier molecular flexibility index (Phi) is 5.11. The number of carbonyl (C=O) groups excluding carboxylic acids is 1. The van der Waals surface area contributed by atoms with Crippen LogP contribution in [0, 0.1) is 0 Å². The molecule has 5 heteroatoms. The fourth-order valence-electron chi connectivity index (χ4n) is 1.94. The molecule has 1 unspecified atom stereocenters. The zero-order chi connectivity index (χ0) is 15.2. The lowest BCUT2D eigenvalue weighted by molar-refractivity contribution is 0.102. The molecule has 0 aliphatic carbocycles. The number of rotatable bonds is 5. The maximum Gasteiger partial charge on any atom is 0.255 e. The summed E-state index contributed by atoms with van der Waals surface area (Å²) >= 11 is 0. The van der Waals surface area contributed by atoms with Crippen LogP contribution in [0.25, 0.3) is 0 Å². The van der Waals surface area contributed by atoms with Gasteiger partial charge in [0.15, 0.2) is 0 Å². The predicted molar refractivity (Wildman–Crippen MR) is 85.2 cm³/mol. The molecule has 0 fully saturated rings. The molecule has 1 N–H and O–H groups in total. The number of nitrogens with one attached hydrogen (secondary N) is 1. The highest BCUT2D eigenvalue weighted by molar-refractivity contribution is 7.83. The average molecular weight is 303 g/mol. The Morgan fingerprint density at radius 2 is 1.95 bits per heavy atom.